The highest BCUT2D eigenvalue weighted by molar-refractivity contribution is 5.28. The lowest BCUT2D eigenvalue weighted by Gasteiger charge is -2.48. The summed E-state index contributed by atoms with van der Waals surface area (Å²) in [5.74, 6) is 0.984. The molecular formula is C16H22. The average Bonchev–Trinajstić information content (AvgIpc) is 2.40. The van der Waals surface area contributed by atoms with E-state index in [-0.39, 0.29) is 0 Å². The smallest absolute Gasteiger partial charge is 0.00188 e. The number of hydrogen-bond acceptors (Lipinski definition) is 0. The van der Waals surface area contributed by atoms with E-state index in [0.29, 0.717) is 5.41 Å². The van der Waals surface area contributed by atoms with Gasteiger partial charge in [-0.2, -0.15) is 0 Å². The van der Waals surface area contributed by atoms with Crippen LogP contribution in [0.3, 0.4) is 0 Å². The van der Waals surface area contributed by atoms with Crippen LogP contribution in [0.1, 0.15) is 56.9 Å². The largest absolute Gasteiger partial charge is 0.0622 e. The molecule has 0 heterocycles. The molecule has 0 nitrogen and oxygen atoms in total. The van der Waals surface area contributed by atoms with Crippen molar-refractivity contribution >= 4 is 0 Å². The van der Waals surface area contributed by atoms with Crippen molar-refractivity contribution in [2.75, 3.05) is 0 Å². The lowest BCUT2D eigenvalue weighted by molar-refractivity contribution is 0.124. The van der Waals surface area contributed by atoms with Crippen molar-refractivity contribution in [1.82, 2.24) is 0 Å². The van der Waals surface area contributed by atoms with Gasteiger partial charge in [0.1, 0.15) is 0 Å². The number of hydrogen-bond donors (Lipinski definition) is 0. The van der Waals surface area contributed by atoms with Crippen LogP contribution in [0, 0.1) is 5.92 Å². The van der Waals surface area contributed by atoms with Crippen molar-refractivity contribution in [2.45, 2.75) is 56.8 Å². The molecule has 86 valence electrons. The normalized spacial score (nSPS) is 34.4. The summed E-state index contributed by atoms with van der Waals surface area (Å²) in [5.41, 5.74) is 2.21. The maximum Gasteiger partial charge on any atom is -0.00188 e. The van der Waals surface area contributed by atoms with Gasteiger partial charge in [-0.3, -0.25) is 0 Å². The van der Waals surface area contributed by atoms with E-state index in [9.17, 15) is 0 Å². The first kappa shape index (κ1) is 10.4. The first-order chi connectivity index (χ1) is 7.92. The van der Waals surface area contributed by atoms with E-state index in [1.54, 1.807) is 5.56 Å². The molecule has 0 spiro atoms. The fraction of sp³-hybridized carbons (Fsp3) is 0.625. The number of benzene rings is 1. The summed E-state index contributed by atoms with van der Waals surface area (Å²) < 4.78 is 0. The zero-order chi connectivity index (χ0) is 10.8. The summed E-state index contributed by atoms with van der Waals surface area (Å²) >= 11 is 0. The number of rotatable bonds is 1. The van der Waals surface area contributed by atoms with E-state index in [2.05, 4.69) is 30.3 Å². The quantitative estimate of drug-likeness (QED) is 0.636. The van der Waals surface area contributed by atoms with Crippen LogP contribution in [-0.4, -0.2) is 0 Å². The van der Waals surface area contributed by atoms with Crippen molar-refractivity contribution in [1.29, 1.82) is 0 Å². The number of fused-ring (bicyclic) bond motifs is 1. The lowest BCUT2D eigenvalue weighted by Crippen LogP contribution is -2.40. The zero-order valence-electron chi connectivity index (χ0n) is 10.1. The molecule has 0 aromatic heterocycles. The third kappa shape index (κ3) is 1.59. The van der Waals surface area contributed by atoms with E-state index in [1.807, 2.05) is 0 Å². The van der Waals surface area contributed by atoms with Gasteiger partial charge in [-0.05, 0) is 42.6 Å². The van der Waals surface area contributed by atoms with Crippen molar-refractivity contribution < 1.29 is 0 Å². The van der Waals surface area contributed by atoms with Crippen LogP contribution >= 0.6 is 0 Å². The third-order valence-electron chi connectivity index (χ3n) is 4.98. The summed E-state index contributed by atoms with van der Waals surface area (Å²) in [7, 11) is 0. The van der Waals surface area contributed by atoms with Crippen LogP contribution in [0.5, 0.6) is 0 Å². The van der Waals surface area contributed by atoms with E-state index in [4.69, 9.17) is 0 Å². The van der Waals surface area contributed by atoms with Crippen LogP contribution in [0.2, 0.25) is 0 Å². The van der Waals surface area contributed by atoms with Crippen LogP contribution in [0.15, 0.2) is 30.3 Å². The molecule has 2 fully saturated rings. The Morgan fingerprint density at radius 3 is 2.06 bits per heavy atom. The second-order valence-electron chi connectivity index (χ2n) is 5.71. The Hall–Kier alpha value is -0.780. The molecule has 0 bridgehead atoms. The Bertz CT molecular complexity index is 326. The van der Waals surface area contributed by atoms with Gasteiger partial charge in [-0.25, -0.2) is 0 Å². The molecule has 0 heteroatoms. The summed E-state index contributed by atoms with van der Waals surface area (Å²) in [6.45, 7) is 0. The molecule has 1 aromatic carbocycles. The molecule has 0 aliphatic heterocycles. The van der Waals surface area contributed by atoms with Crippen molar-refractivity contribution in [3.63, 3.8) is 0 Å². The highest BCUT2D eigenvalue weighted by Gasteiger charge is 2.42. The first-order valence-electron chi connectivity index (χ1n) is 6.97. The predicted octanol–water partition coefficient (Wildman–Crippen LogP) is 4.69. The Kier molecular flexibility index (Phi) is 2.75. The van der Waals surface area contributed by atoms with Crippen molar-refractivity contribution in [2.24, 2.45) is 5.92 Å². The topological polar surface area (TPSA) is 0 Å². The van der Waals surface area contributed by atoms with Crippen LogP contribution < -0.4 is 0 Å². The molecule has 2 aliphatic carbocycles. The molecule has 0 radical (unpaired) electrons. The van der Waals surface area contributed by atoms with Gasteiger partial charge in [-0.15, -0.1) is 0 Å². The fourth-order valence-corrected chi connectivity index (χ4v) is 4.19. The molecule has 16 heavy (non-hydrogen) atoms. The molecule has 0 saturated heterocycles. The van der Waals surface area contributed by atoms with E-state index < -0.39 is 0 Å². The van der Waals surface area contributed by atoms with Gasteiger partial charge < -0.3 is 0 Å². The Balaban J connectivity index is 1.98. The highest BCUT2D eigenvalue weighted by atomic mass is 14.5. The van der Waals surface area contributed by atoms with Gasteiger partial charge in [-0.1, -0.05) is 56.0 Å². The average molecular weight is 214 g/mol. The van der Waals surface area contributed by atoms with Gasteiger partial charge in [0.05, 0.1) is 0 Å². The van der Waals surface area contributed by atoms with Crippen molar-refractivity contribution in [3.8, 4) is 0 Å². The molecule has 2 aliphatic rings. The lowest BCUT2D eigenvalue weighted by atomic mass is 9.56. The molecular weight excluding hydrogens is 192 g/mol. The zero-order valence-corrected chi connectivity index (χ0v) is 10.1. The summed E-state index contributed by atoms with van der Waals surface area (Å²) in [4.78, 5) is 0. The molecule has 1 aromatic rings. The first-order valence-corrected chi connectivity index (χ1v) is 6.97. The predicted molar refractivity (Wildman–Crippen MR) is 68.5 cm³/mol. The van der Waals surface area contributed by atoms with Gasteiger partial charge in [0.15, 0.2) is 0 Å². The molecule has 0 amide bonds. The minimum Gasteiger partial charge on any atom is -0.0622 e. The standard InChI is InChI=1S/C16H22/c1-2-8-14(9-3-1)16-12-6-4-10-15(16)11-5-7-13-16/h1-3,8-9,15H,4-7,10-13H2. The third-order valence-corrected chi connectivity index (χ3v) is 4.98. The summed E-state index contributed by atoms with van der Waals surface area (Å²) in [5, 5.41) is 0. The molecule has 0 atom stereocenters. The highest BCUT2D eigenvalue weighted by Crippen LogP contribution is 2.51. The molecule has 2 saturated carbocycles. The summed E-state index contributed by atoms with van der Waals surface area (Å²) in [6, 6.07) is 11.4. The van der Waals surface area contributed by atoms with E-state index in [0.717, 1.165) is 5.92 Å². The maximum absolute atomic E-state index is 2.38. The Morgan fingerprint density at radius 1 is 0.812 bits per heavy atom. The Morgan fingerprint density at radius 2 is 1.44 bits per heavy atom. The second kappa shape index (κ2) is 4.24. The van der Waals surface area contributed by atoms with Crippen molar-refractivity contribution in [3.05, 3.63) is 35.9 Å². The second-order valence-corrected chi connectivity index (χ2v) is 5.71. The minimum absolute atomic E-state index is 0.567. The molecule has 0 N–H and O–H groups in total. The van der Waals surface area contributed by atoms with Crippen LogP contribution in [0.4, 0.5) is 0 Å². The van der Waals surface area contributed by atoms with Crippen LogP contribution in [0.25, 0.3) is 0 Å². The van der Waals surface area contributed by atoms with Gasteiger partial charge >= 0.3 is 0 Å². The fourth-order valence-electron chi connectivity index (χ4n) is 4.19. The Labute approximate surface area is 99.1 Å². The van der Waals surface area contributed by atoms with Gasteiger partial charge in [0.2, 0.25) is 0 Å². The van der Waals surface area contributed by atoms with Crippen LogP contribution in [-0.2, 0) is 5.41 Å². The molecule has 3 rings (SSSR count). The minimum atomic E-state index is 0.567. The van der Waals surface area contributed by atoms with Gasteiger partial charge in [0.25, 0.3) is 0 Å². The SMILES string of the molecule is c1ccc(C23CCCCC2CCCC3)cc1. The molecule has 0 unspecified atom stereocenters. The summed E-state index contributed by atoms with van der Waals surface area (Å²) in [6.07, 6.45) is 11.7. The van der Waals surface area contributed by atoms with E-state index in [1.165, 1.54) is 51.4 Å². The maximum atomic E-state index is 2.38. The monoisotopic (exact) mass is 214 g/mol. The van der Waals surface area contributed by atoms with Gasteiger partial charge in [0, 0.05) is 0 Å². The van der Waals surface area contributed by atoms with E-state index >= 15 is 0 Å².